The van der Waals surface area contributed by atoms with Gasteiger partial charge in [-0.1, -0.05) is 73.6 Å². The summed E-state index contributed by atoms with van der Waals surface area (Å²) in [6.45, 7) is 14.1. The van der Waals surface area contributed by atoms with E-state index in [9.17, 15) is 0 Å². The Morgan fingerprint density at radius 1 is 0.800 bits per heavy atom. The van der Waals surface area contributed by atoms with Crippen LogP contribution in [-0.4, -0.2) is 0 Å². The van der Waals surface area contributed by atoms with Crippen LogP contribution in [-0.2, 0) is 0 Å². The van der Waals surface area contributed by atoms with E-state index in [4.69, 9.17) is 0 Å². The van der Waals surface area contributed by atoms with Crippen LogP contribution >= 0.6 is 0 Å². The summed E-state index contributed by atoms with van der Waals surface area (Å²) in [5, 5.41) is 0. The number of hydrogen-bond acceptors (Lipinski definition) is 0. The van der Waals surface area contributed by atoms with Gasteiger partial charge in [0.15, 0.2) is 0 Å². The van der Waals surface area contributed by atoms with Crippen molar-refractivity contribution < 1.29 is 0 Å². The fourth-order valence-corrected chi connectivity index (χ4v) is 1.91. The molecule has 1 atom stereocenters. The summed E-state index contributed by atoms with van der Waals surface area (Å²) in [6.07, 6.45) is 8.48. The molecule has 0 aliphatic heterocycles. The van der Waals surface area contributed by atoms with Crippen LogP contribution in [0.1, 0.15) is 80.1 Å². The van der Waals surface area contributed by atoms with Crippen LogP contribution in [0, 0.1) is 17.3 Å². The molecule has 0 spiro atoms. The highest BCUT2D eigenvalue weighted by atomic mass is 14.2. The molecule has 92 valence electrons. The van der Waals surface area contributed by atoms with Crippen LogP contribution in [0.15, 0.2) is 0 Å². The van der Waals surface area contributed by atoms with Crippen LogP contribution in [0.4, 0.5) is 0 Å². The maximum absolute atomic E-state index is 2.42. The normalized spacial score (nSPS) is 14.6. The molecule has 15 heavy (non-hydrogen) atoms. The Kier molecular flexibility index (Phi) is 7.30. The van der Waals surface area contributed by atoms with Crippen LogP contribution in [0.25, 0.3) is 0 Å². The van der Waals surface area contributed by atoms with Crippen molar-refractivity contribution in [2.45, 2.75) is 80.1 Å². The van der Waals surface area contributed by atoms with Crippen LogP contribution in [0.3, 0.4) is 0 Å². The van der Waals surface area contributed by atoms with Crippen molar-refractivity contribution in [3.63, 3.8) is 0 Å². The minimum Gasteiger partial charge on any atom is -0.0628 e. The fraction of sp³-hybridized carbons (Fsp3) is 1.00. The van der Waals surface area contributed by atoms with Gasteiger partial charge in [0, 0.05) is 0 Å². The van der Waals surface area contributed by atoms with Crippen molar-refractivity contribution in [2.75, 3.05) is 0 Å². The third-order valence-electron chi connectivity index (χ3n) is 3.11. The van der Waals surface area contributed by atoms with E-state index >= 15 is 0 Å². The summed E-state index contributed by atoms with van der Waals surface area (Å²) in [6, 6.07) is 0. The maximum atomic E-state index is 2.42. The molecule has 0 rings (SSSR count). The number of unbranched alkanes of at least 4 members (excludes halogenated alkanes) is 1. The monoisotopic (exact) mass is 212 g/mol. The van der Waals surface area contributed by atoms with Gasteiger partial charge in [-0.05, 0) is 23.7 Å². The zero-order valence-corrected chi connectivity index (χ0v) is 11.9. The number of hydrogen-bond donors (Lipinski definition) is 0. The van der Waals surface area contributed by atoms with E-state index in [1.807, 2.05) is 0 Å². The topological polar surface area (TPSA) is 0 Å². The molecule has 0 aromatic carbocycles. The van der Waals surface area contributed by atoms with E-state index < -0.39 is 0 Å². The molecular formula is C15H32. The quantitative estimate of drug-likeness (QED) is 0.477. The summed E-state index contributed by atoms with van der Waals surface area (Å²) in [7, 11) is 0. The Labute approximate surface area is 97.8 Å². The molecule has 0 aliphatic rings. The van der Waals surface area contributed by atoms with Gasteiger partial charge in [0.2, 0.25) is 0 Å². The van der Waals surface area contributed by atoms with Crippen molar-refractivity contribution in [2.24, 2.45) is 17.3 Å². The average molecular weight is 212 g/mol. The molecule has 0 aliphatic carbocycles. The predicted octanol–water partition coefficient (Wildman–Crippen LogP) is 5.67. The largest absolute Gasteiger partial charge is 0.0628 e. The molecule has 0 aromatic heterocycles. The zero-order chi connectivity index (χ0) is 11.9. The van der Waals surface area contributed by atoms with Gasteiger partial charge in [-0.3, -0.25) is 0 Å². The minimum absolute atomic E-state index is 0.529. The molecule has 0 amide bonds. The minimum atomic E-state index is 0.529. The van der Waals surface area contributed by atoms with Gasteiger partial charge in [-0.25, -0.2) is 0 Å². The molecule has 0 saturated heterocycles. The number of rotatable bonds is 7. The molecule has 0 heterocycles. The first-order chi connectivity index (χ1) is 6.81. The molecule has 0 saturated carbocycles. The lowest BCUT2D eigenvalue weighted by Gasteiger charge is -2.18. The Morgan fingerprint density at radius 2 is 1.40 bits per heavy atom. The first-order valence-electron chi connectivity index (χ1n) is 6.81. The first kappa shape index (κ1) is 15.0. The maximum Gasteiger partial charge on any atom is -0.0383 e. The highest BCUT2D eigenvalue weighted by molar-refractivity contribution is 4.62. The summed E-state index contributed by atoms with van der Waals surface area (Å²) in [5.74, 6) is 1.81. The van der Waals surface area contributed by atoms with E-state index in [1.54, 1.807) is 0 Å². The lowest BCUT2D eigenvalue weighted by molar-refractivity contribution is 0.342. The molecule has 0 fully saturated rings. The van der Waals surface area contributed by atoms with Crippen LogP contribution < -0.4 is 0 Å². The van der Waals surface area contributed by atoms with Gasteiger partial charge in [-0.15, -0.1) is 0 Å². The van der Waals surface area contributed by atoms with Gasteiger partial charge in [0.1, 0.15) is 0 Å². The standard InChI is InChI=1S/C15H32/c1-13(2)10-11-14(3)9-7-8-12-15(4,5)6/h13-14H,7-12H2,1-6H3. The van der Waals surface area contributed by atoms with Crippen molar-refractivity contribution in [1.29, 1.82) is 0 Å². The van der Waals surface area contributed by atoms with E-state index in [0.29, 0.717) is 5.41 Å². The second kappa shape index (κ2) is 7.30. The van der Waals surface area contributed by atoms with Crippen molar-refractivity contribution in [3.8, 4) is 0 Å². The Bertz CT molecular complexity index is 139. The summed E-state index contributed by atoms with van der Waals surface area (Å²) in [4.78, 5) is 0. The van der Waals surface area contributed by atoms with Gasteiger partial charge >= 0.3 is 0 Å². The Morgan fingerprint density at radius 3 is 1.87 bits per heavy atom. The zero-order valence-electron chi connectivity index (χ0n) is 11.9. The molecule has 0 aromatic rings. The van der Waals surface area contributed by atoms with Crippen LogP contribution in [0.2, 0.25) is 0 Å². The molecule has 1 unspecified atom stereocenters. The Hall–Kier alpha value is 0. The molecule has 0 bridgehead atoms. The van der Waals surface area contributed by atoms with E-state index in [1.165, 1.54) is 38.5 Å². The predicted molar refractivity (Wildman–Crippen MR) is 71.2 cm³/mol. The van der Waals surface area contributed by atoms with Gasteiger partial charge < -0.3 is 0 Å². The summed E-state index contributed by atoms with van der Waals surface area (Å²) in [5.41, 5.74) is 0.529. The van der Waals surface area contributed by atoms with E-state index in [0.717, 1.165) is 11.8 Å². The van der Waals surface area contributed by atoms with Crippen molar-refractivity contribution in [3.05, 3.63) is 0 Å². The molecular weight excluding hydrogens is 180 g/mol. The highest BCUT2D eigenvalue weighted by Crippen LogP contribution is 2.24. The van der Waals surface area contributed by atoms with Crippen molar-refractivity contribution >= 4 is 0 Å². The smallest absolute Gasteiger partial charge is 0.0383 e. The van der Waals surface area contributed by atoms with Gasteiger partial charge in [0.05, 0.1) is 0 Å². The third-order valence-corrected chi connectivity index (χ3v) is 3.11. The molecule has 0 N–H and O–H groups in total. The van der Waals surface area contributed by atoms with Crippen LogP contribution in [0.5, 0.6) is 0 Å². The summed E-state index contributed by atoms with van der Waals surface area (Å²) >= 11 is 0. The van der Waals surface area contributed by atoms with Gasteiger partial charge in [-0.2, -0.15) is 0 Å². The third kappa shape index (κ3) is 11.9. The molecule has 0 radical (unpaired) electrons. The lowest BCUT2D eigenvalue weighted by Crippen LogP contribution is -2.05. The highest BCUT2D eigenvalue weighted by Gasteiger charge is 2.10. The molecule has 0 heteroatoms. The SMILES string of the molecule is CC(C)CCC(C)CCCCC(C)(C)C. The summed E-state index contributed by atoms with van der Waals surface area (Å²) < 4.78 is 0. The second-order valence-corrected chi connectivity index (χ2v) is 6.88. The molecule has 0 nitrogen and oxygen atoms in total. The van der Waals surface area contributed by atoms with E-state index in [2.05, 4.69) is 41.5 Å². The Balaban J connectivity index is 3.35. The average Bonchev–Trinajstić information content (AvgIpc) is 2.07. The van der Waals surface area contributed by atoms with Gasteiger partial charge in [0.25, 0.3) is 0 Å². The van der Waals surface area contributed by atoms with Crippen molar-refractivity contribution in [1.82, 2.24) is 0 Å². The lowest BCUT2D eigenvalue weighted by atomic mass is 9.88. The second-order valence-electron chi connectivity index (χ2n) is 6.88. The van der Waals surface area contributed by atoms with E-state index in [-0.39, 0.29) is 0 Å². The fourth-order valence-electron chi connectivity index (χ4n) is 1.91. The first-order valence-corrected chi connectivity index (χ1v) is 6.81.